The predicted octanol–water partition coefficient (Wildman–Crippen LogP) is -1.91. The molecular weight excluding hydrogens is 724 g/mol. The molecule has 2 aromatic heterocycles. The van der Waals surface area contributed by atoms with Crippen molar-refractivity contribution < 1.29 is 63.0 Å². The fraction of sp³-hybridized carbons (Fsp3) is 0.459. The first kappa shape index (κ1) is 39.9. The first-order valence-electron chi connectivity index (χ1n) is 16.0. The maximum absolute atomic E-state index is 12.2. The van der Waals surface area contributed by atoms with Crippen LogP contribution in [0.15, 0.2) is 33.7 Å². The summed E-state index contributed by atoms with van der Waals surface area (Å²) in [6.45, 7) is 17.2. The lowest BCUT2D eigenvalue weighted by molar-refractivity contribution is -0.393. The summed E-state index contributed by atoms with van der Waals surface area (Å²) in [5, 5.41) is 0. The third-order valence-electron chi connectivity index (χ3n) is 9.54. The van der Waals surface area contributed by atoms with E-state index in [4.69, 9.17) is 9.47 Å². The van der Waals surface area contributed by atoms with Gasteiger partial charge < -0.3 is 53.4 Å². The lowest BCUT2D eigenvalue weighted by Crippen LogP contribution is -3.00. The standard InChI is InChI=1S/C37H48N4O4.2BrH/c1-11-26-20(3)30(38-24(26)7)17-32-22(5)28(13-15-36(42)44-9)35(40-32)19-33-23(6)29(14-16-37(43)45-10)34(41-33)18-31-21(4)27(12-2)25(8)39-31;;/h17-18,38-39H,11-16,19H2,1-10H3;2*1H/b32-17+,34-18-;;. The predicted molar refractivity (Wildman–Crippen MR) is 180 cm³/mol. The van der Waals surface area contributed by atoms with Crippen LogP contribution in [0.2, 0.25) is 0 Å². The van der Waals surface area contributed by atoms with Crippen LogP contribution < -0.4 is 43.9 Å². The number of hydrogen-bond acceptors (Lipinski definition) is 4. The smallest absolute Gasteiger partial charge is 0.305 e. The Balaban J connectivity index is 0.00000384. The number of H-pyrrole nitrogens is 2. The minimum atomic E-state index is -0.227. The Morgan fingerprint density at radius 1 is 0.660 bits per heavy atom. The van der Waals surface area contributed by atoms with Gasteiger partial charge in [0.25, 0.3) is 0 Å². The molecule has 0 atom stereocenters. The van der Waals surface area contributed by atoms with Crippen molar-refractivity contribution in [3.63, 3.8) is 0 Å². The van der Waals surface area contributed by atoms with Crippen molar-refractivity contribution in [2.75, 3.05) is 14.2 Å². The number of carbonyl (C=O) groups excluding carboxylic acids is 2. The molecule has 4 heterocycles. The topological polar surface area (TPSA) is 112 Å². The Kier molecular flexibility index (Phi) is 14.7. The molecule has 2 aliphatic rings. The zero-order valence-corrected chi connectivity index (χ0v) is 32.7. The number of esters is 2. The number of aryl methyl sites for hydroxylation is 2. The summed E-state index contributed by atoms with van der Waals surface area (Å²) in [5.41, 5.74) is 18.4. The fourth-order valence-corrected chi connectivity index (χ4v) is 6.80. The van der Waals surface area contributed by atoms with Crippen LogP contribution in [0, 0.1) is 27.7 Å². The van der Waals surface area contributed by atoms with Gasteiger partial charge in [-0.2, -0.15) is 0 Å². The highest BCUT2D eigenvalue weighted by Crippen LogP contribution is 2.29. The lowest BCUT2D eigenvalue weighted by Gasteiger charge is -2.04. The second-order valence-corrected chi connectivity index (χ2v) is 12.1. The summed E-state index contributed by atoms with van der Waals surface area (Å²) < 4.78 is 9.95. The lowest BCUT2D eigenvalue weighted by atomic mass is 9.94. The molecule has 0 saturated carbocycles. The number of allylic oxidation sites excluding steroid dienone is 4. The largest absolute Gasteiger partial charge is 1.00 e. The maximum atomic E-state index is 12.2. The summed E-state index contributed by atoms with van der Waals surface area (Å²) in [4.78, 5) is 38.9. The average Bonchev–Trinajstić information content (AvgIpc) is 3.66. The van der Waals surface area contributed by atoms with Crippen molar-refractivity contribution in [2.24, 2.45) is 0 Å². The molecule has 0 aliphatic carbocycles. The van der Waals surface area contributed by atoms with Gasteiger partial charge in [-0.05, 0) is 89.5 Å². The molecule has 4 rings (SSSR count). The Hall–Kier alpha value is -3.24. The number of carbonyl (C=O) groups is 2. The molecule has 256 valence electrons. The van der Waals surface area contributed by atoms with Gasteiger partial charge in [-0.1, -0.05) is 13.8 Å². The zero-order chi connectivity index (χ0) is 33.0. The van der Waals surface area contributed by atoms with Gasteiger partial charge in [0.05, 0.1) is 14.2 Å². The molecular formula is C37H50Br2N4O4. The van der Waals surface area contributed by atoms with E-state index in [-0.39, 0.29) is 45.9 Å². The quantitative estimate of drug-likeness (QED) is 0.189. The van der Waals surface area contributed by atoms with Crippen molar-refractivity contribution >= 4 is 35.5 Å². The van der Waals surface area contributed by atoms with Crippen LogP contribution in [0.4, 0.5) is 0 Å². The number of nitrogens with one attached hydrogen (secondary N) is 4. The number of rotatable bonds is 12. The zero-order valence-electron chi connectivity index (χ0n) is 29.5. The van der Waals surface area contributed by atoms with Gasteiger partial charge in [0.15, 0.2) is 11.4 Å². The van der Waals surface area contributed by atoms with Crippen molar-refractivity contribution in [2.45, 2.75) is 100 Å². The number of halogens is 2. The number of hydrogen-bond donors (Lipinski definition) is 4. The summed E-state index contributed by atoms with van der Waals surface area (Å²) in [5.74, 6) is -0.453. The van der Waals surface area contributed by atoms with Crippen LogP contribution in [-0.4, -0.2) is 47.5 Å². The van der Waals surface area contributed by atoms with Crippen LogP contribution in [-0.2, 0) is 31.9 Å². The van der Waals surface area contributed by atoms with Crippen molar-refractivity contribution in [1.29, 1.82) is 0 Å². The minimum absolute atomic E-state index is 0. The molecule has 0 unspecified atom stereocenters. The highest BCUT2D eigenvalue weighted by Gasteiger charge is 2.35. The Morgan fingerprint density at radius 2 is 1.11 bits per heavy atom. The molecule has 0 bridgehead atoms. The van der Waals surface area contributed by atoms with Gasteiger partial charge in [0, 0.05) is 70.1 Å². The molecule has 0 radical (unpaired) electrons. The molecule has 0 spiro atoms. The van der Waals surface area contributed by atoms with Crippen molar-refractivity contribution in [1.82, 2.24) is 9.97 Å². The molecule has 10 heteroatoms. The first-order valence-corrected chi connectivity index (χ1v) is 16.0. The van der Waals surface area contributed by atoms with Gasteiger partial charge in [-0.3, -0.25) is 9.59 Å². The van der Waals surface area contributed by atoms with Crippen molar-refractivity contribution in [3.05, 3.63) is 78.7 Å². The van der Waals surface area contributed by atoms with Crippen LogP contribution in [0.1, 0.15) is 105 Å². The SMILES string of the molecule is CCc1c(C)[nH]c(/C=C2\[NH+]=C(CC3=[NH+]/C(=C/c4[nH]c(C)c(CC)c4C)C(C)=C3CCC(=O)OC)C(C)=C2CCC(=O)OC)c1C.[Br-].[Br-]. The highest BCUT2D eigenvalue weighted by molar-refractivity contribution is 6.15. The molecule has 4 N–H and O–H groups in total. The van der Waals surface area contributed by atoms with E-state index in [1.54, 1.807) is 0 Å². The average molecular weight is 775 g/mol. The van der Waals surface area contributed by atoms with E-state index in [0.717, 1.165) is 69.3 Å². The summed E-state index contributed by atoms with van der Waals surface area (Å²) in [6.07, 6.45) is 8.69. The van der Waals surface area contributed by atoms with E-state index in [1.165, 1.54) is 47.9 Å². The maximum Gasteiger partial charge on any atom is 0.305 e. The van der Waals surface area contributed by atoms with E-state index < -0.39 is 0 Å². The van der Waals surface area contributed by atoms with Gasteiger partial charge in [0.1, 0.15) is 6.42 Å². The van der Waals surface area contributed by atoms with E-state index in [2.05, 4.69) is 87.5 Å². The number of methoxy groups -OCH3 is 2. The van der Waals surface area contributed by atoms with Gasteiger partial charge in [0.2, 0.25) is 11.4 Å². The molecule has 0 amide bonds. The van der Waals surface area contributed by atoms with Crippen LogP contribution in [0.5, 0.6) is 0 Å². The van der Waals surface area contributed by atoms with Crippen LogP contribution in [0.25, 0.3) is 12.2 Å². The van der Waals surface area contributed by atoms with Crippen molar-refractivity contribution in [3.8, 4) is 0 Å². The van der Waals surface area contributed by atoms with E-state index in [1.807, 2.05) is 0 Å². The van der Waals surface area contributed by atoms with Gasteiger partial charge in [-0.25, -0.2) is 9.98 Å². The Morgan fingerprint density at radius 3 is 1.55 bits per heavy atom. The molecule has 2 aromatic rings. The molecule has 2 aliphatic heterocycles. The summed E-state index contributed by atoms with van der Waals surface area (Å²) >= 11 is 0. The van der Waals surface area contributed by atoms with Crippen LogP contribution >= 0.6 is 0 Å². The normalized spacial score (nSPS) is 16.0. The Bertz CT molecular complexity index is 1710. The number of ether oxygens (including phenoxy) is 2. The van der Waals surface area contributed by atoms with Gasteiger partial charge in [-0.15, -0.1) is 0 Å². The monoisotopic (exact) mass is 772 g/mol. The first-order chi connectivity index (χ1) is 21.4. The Labute approximate surface area is 300 Å². The van der Waals surface area contributed by atoms with E-state index >= 15 is 0 Å². The highest BCUT2D eigenvalue weighted by atomic mass is 79.9. The second-order valence-electron chi connectivity index (χ2n) is 12.1. The molecule has 0 aromatic carbocycles. The van der Waals surface area contributed by atoms with E-state index in [0.29, 0.717) is 32.1 Å². The van der Waals surface area contributed by atoms with Gasteiger partial charge >= 0.3 is 11.9 Å². The number of aromatic amines is 2. The number of aromatic nitrogens is 2. The molecule has 0 saturated heterocycles. The second kappa shape index (κ2) is 17.2. The van der Waals surface area contributed by atoms with Crippen LogP contribution in [0.3, 0.4) is 0 Å². The molecule has 47 heavy (non-hydrogen) atoms. The minimum Gasteiger partial charge on any atom is -1.00 e. The molecule has 8 nitrogen and oxygen atoms in total. The third kappa shape index (κ3) is 8.62. The van der Waals surface area contributed by atoms with E-state index in [9.17, 15) is 9.59 Å². The summed E-state index contributed by atoms with van der Waals surface area (Å²) in [6, 6.07) is 0. The fourth-order valence-electron chi connectivity index (χ4n) is 6.80. The molecule has 0 fully saturated rings. The summed E-state index contributed by atoms with van der Waals surface area (Å²) in [7, 11) is 2.86. The third-order valence-corrected chi connectivity index (χ3v) is 9.54.